The summed E-state index contributed by atoms with van der Waals surface area (Å²) in [7, 11) is -1.07. The molecule has 0 heterocycles. The third-order valence-corrected chi connectivity index (χ3v) is 16.9. The molecule has 0 aromatic carbocycles. The van der Waals surface area contributed by atoms with Crippen LogP contribution < -0.4 is 0 Å². The highest BCUT2D eigenvalue weighted by molar-refractivity contribution is 7.65. The van der Waals surface area contributed by atoms with E-state index in [1.807, 2.05) is 4.54 Å². The van der Waals surface area contributed by atoms with Gasteiger partial charge in [-0.3, -0.25) is 0 Å². The number of allylic oxidation sites excluding steroid dienone is 1. The van der Waals surface area contributed by atoms with E-state index in [1.165, 1.54) is 13.5 Å². The standard InChI is InChI=1S/C15H33ClNPSi2/c1-10-13(14(16)17(11-2)12-3)18-15(19(4,5)6)20(7,8)9/h10-12H2,1-9H3/b14-13+. The van der Waals surface area contributed by atoms with Crippen LogP contribution in [-0.2, 0) is 0 Å². The fourth-order valence-corrected chi connectivity index (χ4v) is 16.2. The highest BCUT2D eigenvalue weighted by atomic mass is 35.5. The number of halogens is 1. The van der Waals surface area contributed by atoms with Crippen molar-refractivity contribution in [3.63, 3.8) is 0 Å². The van der Waals surface area contributed by atoms with E-state index in [-0.39, 0.29) is 0 Å². The lowest BCUT2D eigenvalue weighted by molar-refractivity contribution is 0.404. The van der Waals surface area contributed by atoms with Gasteiger partial charge in [-0.05, 0) is 20.3 Å². The third-order valence-electron chi connectivity index (χ3n) is 3.28. The molecule has 0 rings (SSSR count). The van der Waals surface area contributed by atoms with E-state index in [9.17, 15) is 0 Å². The molecule has 0 aliphatic heterocycles. The van der Waals surface area contributed by atoms with Gasteiger partial charge in [-0.1, -0.05) is 70.6 Å². The molecule has 5 heteroatoms. The maximum atomic E-state index is 6.67. The molecule has 0 spiro atoms. The van der Waals surface area contributed by atoms with Gasteiger partial charge in [0.1, 0.15) is 5.16 Å². The molecule has 118 valence electrons. The highest BCUT2D eigenvalue weighted by Crippen LogP contribution is 2.33. The Balaban J connectivity index is 5.87. The van der Waals surface area contributed by atoms with E-state index in [0.717, 1.165) is 24.7 Å². The van der Waals surface area contributed by atoms with Crippen molar-refractivity contribution in [2.24, 2.45) is 0 Å². The quantitative estimate of drug-likeness (QED) is 0.308. The molecule has 0 aliphatic rings. The first-order valence-corrected chi connectivity index (χ1v) is 16.0. The van der Waals surface area contributed by atoms with E-state index in [4.69, 9.17) is 11.6 Å². The van der Waals surface area contributed by atoms with Crippen LogP contribution in [-0.4, -0.2) is 38.7 Å². The molecule has 0 saturated heterocycles. The molecule has 0 saturated carbocycles. The van der Waals surface area contributed by atoms with Crippen LogP contribution in [0, 0.1) is 0 Å². The van der Waals surface area contributed by atoms with Crippen LogP contribution in [0.1, 0.15) is 27.2 Å². The number of hydrogen-bond donors (Lipinski definition) is 0. The summed E-state index contributed by atoms with van der Waals surface area (Å²) in [6, 6.07) is 0. The molecule has 1 nitrogen and oxygen atoms in total. The summed E-state index contributed by atoms with van der Waals surface area (Å²) in [5.41, 5.74) is 0. The summed E-state index contributed by atoms with van der Waals surface area (Å²) in [4.78, 5) is 2.28. The van der Waals surface area contributed by atoms with Gasteiger partial charge in [-0.25, -0.2) is 0 Å². The molecule has 0 amide bonds. The van der Waals surface area contributed by atoms with Crippen molar-refractivity contribution in [1.29, 1.82) is 0 Å². The Kier molecular flexibility index (Phi) is 8.35. The molecule has 0 aliphatic carbocycles. The Morgan fingerprint density at radius 1 is 0.900 bits per heavy atom. The van der Waals surface area contributed by atoms with Gasteiger partial charge in [-0.2, -0.15) is 0 Å². The Morgan fingerprint density at radius 3 is 1.55 bits per heavy atom. The van der Waals surface area contributed by atoms with Crippen LogP contribution in [0.25, 0.3) is 0 Å². The summed E-state index contributed by atoms with van der Waals surface area (Å²) < 4.78 is 1.83. The lowest BCUT2D eigenvalue weighted by atomic mass is 10.4. The second-order valence-corrected chi connectivity index (χ2v) is 20.1. The zero-order valence-electron chi connectivity index (χ0n) is 14.9. The average Bonchev–Trinajstić information content (AvgIpc) is 2.28. The van der Waals surface area contributed by atoms with Crippen molar-refractivity contribution in [2.45, 2.75) is 66.5 Å². The molecular formula is C15H33ClNPSi2. The molecule has 0 radical (unpaired) electrons. The van der Waals surface area contributed by atoms with Crippen molar-refractivity contribution in [2.75, 3.05) is 13.1 Å². The van der Waals surface area contributed by atoms with Crippen molar-refractivity contribution in [3.8, 4) is 0 Å². The second kappa shape index (κ2) is 8.17. The number of rotatable bonds is 7. The molecule has 0 N–H and O–H groups in total. The van der Waals surface area contributed by atoms with E-state index in [2.05, 4.69) is 65.0 Å². The summed E-state index contributed by atoms with van der Waals surface area (Å²) in [5.74, 6) is 0. The molecule has 0 atom stereocenters. The van der Waals surface area contributed by atoms with Gasteiger partial charge in [0, 0.05) is 18.4 Å². The van der Waals surface area contributed by atoms with Crippen molar-refractivity contribution >= 4 is 40.5 Å². The SMILES string of the molecule is CC/C(P=C([Si](C)(C)C)[Si](C)(C)C)=C(/Cl)N(CC)CC. The van der Waals surface area contributed by atoms with Crippen LogP contribution in [0.2, 0.25) is 39.3 Å². The molecule has 0 fully saturated rings. The van der Waals surface area contributed by atoms with Crippen molar-refractivity contribution in [1.82, 2.24) is 4.90 Å². The minimum atomic E-state index is -1.25. The predicted molar refractivity (Wildman–Crippen MR) is 105 cm³/mol. The van der Waals surface area contributed by atoms with Crippen LogP contribution >= 0.6 is 19.8 Å². The average molecular weight is 350 g/mol. The fraction of sp³-hybridized carbons (Fsp3) is 0.800. The van der Waals surface area contributed by atoms with Crippen LogP contribution in [0.3, 0.4) is 0 Å². The topological polar surface area (TPSA) is 3.24 Å². The van der Waals surface area contributed by atoms with Crippen LogP contribution in [0.5, 0.6) is 0 Å². The summed E-state index contributed by atoms with van der Waals surface area (Å²) >= 11 is 6.67. The molecule has 0 aromatic rings. The van der Waals surface area contributed by atoms with Gasteiger partial charge < -0.3 is 4.90 Å². The molecular weight excluding hydrogens is 317 g/mol. The third kappa shape index (κ3) is 6.05. The monoisotopic (exact) mass is 349 g/mol. The normalized spacial score (nSPS) is 14.3. The zero-order chi connectivity index (χ0) is 16.1. The lowest BCUT2D eigenvalue weighted by Crippen LogP contribution is -2.48. The minimum absolute atomic E-state index is 0.990. The molecule has 0 aromatic heterocycles. The minimum Gasteiger partial charge on any atom is -0.362 e. The Hall–Kier alpha value is 0.434. The molecule has 20 heavy (non-hydrogen) atoms. The summed E-state index contributed by atoms with van der Waals surface area (Å²) in [6.07, 6.45) is 1.05. The van der Waals surface area contributed by atoms with Gasteiger partial charge in [0.15, 0.2) is 0 Å². The predicted octanol–water partition coefficient (Wildman–Crippen LogP) is 6.02. The molecule has 0 bridgehead atoms. The lowest BCUT2D eigenvalue weighted by Gasteiger charge is -2.31. The smallest absolute Gasteiger partial charge is 0.112 e. The van der Waals surface area contributed by atoms with Gasteiger partial charge in [0.05, 0.1) is 16.1 Å². The highest BCUT2D eigenvalue weighted by Gasteiger charge is 2.31. The fourth-order valence-electron chi connectivity index (χ4n) is 2.55. The largest absolute Gasteiger partial charge is 0.362 e. The van der Waals surface area contributed by atoms with E-state index in [1.54, 1.807) is 0 Å². The van der Waals surface area contributed by atoms with Crippen molar-refractivity contribution < 1.29 is 0 Å². The summed E-state index contributed by atoms with van der Waals surface area (Å²) in [5, 5.41) is 2.41. The van der Waals surface area contributed by atoms with E-state index >= 15 is 0 Å². The first-order valence-electron chi connectivity index (χ1n) is 7.72. The Bertz CT molecular complexity index is 358. The summed E-state index contributed by atoms with van der Waals surface area (Å²) in [6.45, 7) is 23.4. The first kappa shape index (κ1) is 20.4. The van der Waals surface area contributed by atoms with Crippen LogP contribution in [0.4, 0.5) is 0 Å². The number of nitrogens with zero attached hydrogens (tertiary/aromatic N) is 1. The molecule has 0 unspecified atom stereocenters. The van der Waals surface area contributed by atoms with Gasteiger partial charge in [-0.15, -0.1) is 0 Å². The Labute approximate surface area is 135 Å². The van der Waals surface area contributed by atoms with Gasteiger partial charge >= 0.3 is 0 Å². The maximum Gasteiger partial charge on any atom is 0.112 e. The first-order chi connectivity index (χ1) is 8.98. The number of hydrogen-bond acceptors (Lipinski definition) is 1. The van der Waals surface area contributed by atoms with Gasteiger partial charge in [0.2, 0.25) is 0 Å². The maximum absolute atomic E-state index is 6.67. The van der Waals surface area contributed by atoms with Gasteiger partial charge in [0.25, 0.3) is 0 Å². The van der Waals surface area contributed by atoms with Crippen molar-refractivity contribution in [3.05, 3.63) is 10.5 Å². The van der Waals surface area contributed by atoms with E-state index in [0.29, 0.717) is 0 Å². The second-order valence-electron chi connectivity index (χ2n) is 7.22. The Morgan fingerprint density at radius 2 is 1.30 bits per heavy atom. The van der Waals surface area contributed by atoms with E-state index < -0.39 is 16.1 Å². The zero-order valence-corrected chi connectivity index (χ0v) is 18.5. The van der Waals surface area contributed by atoms with Crippen LogP contribution in [0.15, 0.2) is 10.5 Å².